The van der Waals surface area contributed by atoms with E-state index in [1.54, 1.807) is 0 Å². The zero-order valence-electron chi connectivity index (χ0n) is 11.4. The van der Waals surface area contributed by atoms with Crippen molar-refractivity contribution in [3.05, 3.63) is 42.0 Å². The average Bonchev–Trinajstić information content (AvgIpc) is 2.96. The van der Waals surface area contributed by atoms with E-state index in [1.807, 2.05) is 25.0 Å². The van der Waals surface area contributed by atoms with E-state index < -0.39 is 0 Å². The molecule has 0 saturated heterocycles. The maximum atomic E-state index is 4.40. The fourth-order valence-electron chi connectivity index (χ4n) is 2.26. The van der Waals surface area contributed by atoms with Gasteiger partial charge in [0.15, 0.2) is 0 Å². The Bertz CT molecular complexity index is 483. The summed E-state index contributed by atoms with van der Waals surface area (Å²) in [4.78, 5) is 0. The summed E-state index contributed by atoms with van der Waals surface area (Å²) in [5.74, 6) is 0. The molecule has 2 heterocycles. The van der Waals surface area contributed by atoms with Gasteiger partial charge in [0.25, 0.3) is 0 Å². The molecule has 0 aliphatic rings. The van der Waals surface area contributed by atoms with Crippen molar-refractivity contribution in [2.75, 3.05) is 7.05 Å². The largest absolute Gasteiger partial charge is 0.348 e. The van der Waals surface area contributed by atoms with Gasteiger partial charge in [0.05, 0.1) is 12.2 Å². The molecule has 0 aliphatic carbocycles. The normalized spacial score (nSPS) is 12.8. The zero-order valence-corrected chi connectivity index (χ0v) is 11.4. The lowest BCUT2D eigenvalue weighted by Gasteiger charge is -2.13. The van der Waals surface area contributed by atoms with Crippen molar-refractivity contribution in [3.63, 3.8) is 0 Å². The Balaban J connectivity index is 2.05. The first-order valence-electron chi connectivity index (χ1n) is 6.54. The van der Waals surface area contributed by atoms with Crippen LogP contribution in [0.5, 0.6) is 0 Å². The van der Waals surface area contributed by atoms with Crippen LogP contribution in [0.4, 0.5) is 0 Å². The van der Waals surface area contributed by atoms with E-state index in [0.29, 0.717) is 6.04 Å². The van der Waals surface area contributed by atoms with E-state index in [4.69, 9.17) is 0 Å². The standard InChI is InChI=1S/C14H22N4/c1-4-5-14(15-2)12-6-9-18(10-12)11-13-7-8-17(3)16-13/h6-10,14-15H,4-5,11H2,1-3H3. The molecule has 0 radical (unpaired) electrons. The Morgan fingerprint density at radius 2 is 2.17 bits per heavy atom. The van der Waals surface area contributed by atoms with Crippen LogP contribution in [-0.4, -0.2) is 21.4 Å². The van der Waals surface area contributed by atoms with Gasteiger partial charge in [0.1, 0.15) is 0 Å². The van der Waals surface area contributed by atoms with Crippen LogP contribution in [0.1, 0.15) is 37.1 Å². The minimum atomic E-state index is 0.458. The number of hydrogen-bond acceptors (Lipinski definition) is 2. The SMILES string of the molecule is CCCC(NC)c1ccn(Cc2ccn(C)n2)c1. The molecule has 0 amide bonds. The van der Waals surface area contributed by atoms with E-state index in [1.165, 1.54) is 18.4 Å². The van der Waals surface area contributed by atoms with Crippen LogP contribution >= 0.6 is 0 Å². The van der Waals surface area contributed by atoms with Crippen LogP contribution in [0, 0.1) is 0 Å². The zero-order chi connectivity index (χ0) is 13.0. The predicted molar refractivity (Wildman–Crippen MR) is 73.5 cm³/mol. The van der Waals surface area contributed by atoms with Crippen molar-refractivity contribution in [2.45, 2.75) is 32.4 Å². The summed E-state index contributed by atoms with van der Waals surface area (Å²) in [5, 5.41) is 7.76. The van der Waals surface area contributed by atoms with Crippen molar-refractivity contribution >= 4 is 0 Å². The second-order valence-electron chi connectivity index (χ2n) is 4.73. The van der Waals surface area contributed by atoms with E-state index in [-0.39, 0.29) is 0 Å². The molecule has 0 spiro atoms. The van der Waals surface area contributed by atoms with Gasteiger partial charge in [-0.2, -0.15) is 5.10 Å². The molecule has 1 N–H and O–H groups in total. The van der Waals surface area contributed by atoms with Gasteiger partial charge in [-0.25, -0.2) is 0 Å². The molecule has 0 bridgehead atoms. The van der Waals surface area contributed by atoms with Crippen LogP contribution in [0.3, 0.4) is 0 Å². The number of aryl methyl sites for hydroxylation is 1. The summed E-state index contributed by atoms with van der Waals surface area (Å²) < 4.78 is 4.03. The maximum absolute atomic E-state index is 4.40. The van der Waals surface area contributed by atoms with Crippen LogP contribution in [0.25, 0.3) is 0 Å². The minimum absolute atomic E-state index is 0.458. The highest BCUT2D eigenvalue weighted by molar-refractivity contribution is 5.16. The second-order valence-corrected chi connectivity index (χ2v) is 4.73. The first-order chi connectivity index (χ1) is 8.72. The van der Waals surface area contributed by atoms with Gasteiger partial charge in [0.2, 0.25) is 0 Å². The first-order valence-corrected chi connectivity index (χ1v) is 6.54. The van der Waals surface area contributed by atoms with E-state index in [2.05, 4.69) is 46.4 Å². The molecule has 4 heteroatoms. The summed E-state index contributed by atoms with van der Waals surface area (Å²) in [5.41, 5.74) is 2.45. The second kappa shape index (κ2) is 5.87. The fourth-order valence-corrected chi connectivity index (χ4v) is 2.26. The lowest BCUT2D eigenvalue weighted by Crippen LogP contribution is -2.15. The number of rotatable bonds is 6. The van der Waals surface area contributed by atoms with Crippen molar-refractivity contribution in [3.8, 4) is 0 Å². The lowest BCUT2D eigenvalue weighted by molar-refractivity contribution is 0.540. The highest BCUT2D eigenvalue weighted by Crippen LogP contribution is 2.18. The van der Waals surface area contributed by atoms with E-state index >= 15 is 0 Å². The van der Waals surface area contributed by atoms with Crippen molar-refractivity contribution in [1.29, 1.82) is 0 Å². The van der Waals surface area contributed by atoms with Gasteiger partial charge in [-0.1, -0.05) is 13.3 Å². The molecule has 4 nitrogen and oxygen atoms in total. The van der Waals surface area contributed by atoms with Crippen molar-refractivity contribution in [1.82, 2.24) is 19.7 Å². The molecule has 0 saturated carbocycles. The molecule has 1 unspecified atom stereocenters. The third kappa shape index (κ3) is 3.01. The molecule has 0 fully saturated rings. The van der Waals surface area contributed by atoms with Crippen LogP contribution < -0.4 is 5.32 Å². The van der Waals surface area contributed by atoms with Gasteiger partial charge in [0, 0.05) is 31.7 Å². The minimum Gasteiger partial charge on any atom is -0.348 e. The fraction of sp³-hybridized carbons (Fsp3) is 0.500. The number of nitrogens with zero attached hydrogens (tertiary/aromatic N) is 3. The molecule has 0 aliphatic heterocycles. The van der Waals surface area contributed by atoms with E-state index in [9.17, 15) is 0 Å². The van der Waals surface area contributed by atoms with Gasteiger partial charge < -0.3 is 9.88 Å². The average molecular weight is 246 g/mol. The molecule has 2 aromatic heterocycles. The Hall–Kier alpha value is -1.55. The molecule has 0 aromatic carbocycles. The third-order valence-electron chi connectivity index (χ3n) is 3.21. The summed E-state index contributed by atoms with van der Waals surface area (Å²) in [6, 6.07) is 4.71. The highest BCUT2D eigenvalue weighted by atomic mass is 15.3. The Morgan fingerprint density at radius 3 is 2.78 bits per heavy atom. The summed E-state index contributed by atoms with van der Waals surface area (Å²) in [7, 11) is 3.97. The lowest BCUT2D eigenvalue weighted by atomic mass is 10.1. The molecule has 2 rings (SSSR count). The molecule has 1 atom stereocenters. The molecular formula is C14H22N4. The monoisotopic (exact) mass is 246 g/mol. The first kappa shape index (κ1) is 12.9. The van der Waals surface area contributed by atoms with Gasteiger partial charge in [-0.15, -0.1) is 0 Å². The quantitative estimate of drug-likeness (QED) is 0.849. The molecular weight excluding hydrogens is 224 g/mol. The smallest absolute Gasteiger partial charge is 0.0821 e. The van der Waals surface area contributed by atoms with Gasteiger partial charge in [-0.05, 0) is 31.2 Å². The Labute approximate surface area is 109 Å². The van der Waals surface area contributed by atoms with Crippen LogP contribution in [0.2, 0.25) is 0 Å². The maximum Gasteiger partial charge on any atom is 0.0821 e. The predicted octanol–water partition coefficient (Wildman–Crippen LogP) is 2.33. The number of hydrogen-bond donors (Lipinski definition) is 1. The Morgan fingerprint density at radius 1 is 1.33 bits per heavy atom. The van der Waals surface area contributed by atoms with Crippen molar-refractivity contribution < 1.29 is 0 Å². The summed E-state index contributed by atoms with van der Waals surface area (Å²) in [6.07, 6.45) is 8.68. The molecule has 98 valence electrons. The van der Waals surface area contributed by atoms with E-state index in [0.717, 1.165) is 12.2 Å². The van der Waals surface area contributed by atoms with Crippen LogP contribution in [0.15, 0.2) is 30.7 Å². The molecule has 18 heavy (non-hydrogen) atoms. The summed E-state index contributed by atoms with van der Waals surface area (Å²) in [6.45, 7) is 3.05. The van der Waals surface area contributed by atoms with Crippen molar-refractivity contribution in [2.24, 2.45) is 7.05 Å². The Kier molecular flexibility index (Phi) is 4.20. The van der Waals surface area contributed by atoms with Crippen LogP contribution in [-0.2, 0) is 13.6 Å². The van der Waals surface area contributed by atoms with Gasteiger partial charge >= 0.3 is 0 Å². The molecule has 2 aromatic rings. The topological polar surface area (TPSA) is 34.8 Å². The number of aromatic nitrogens is 3. The third-order valence-corrected chi connectivity index (χ3v) is 3.21. The highest BCUT2D eigenvalue weighted by Gasteiger charge is 2.09. The summed E-state index contributed by atoms with van der Waals surface area (Å²) >= 11 is 0. The number of nitrogens with one attached hydrogen (secondary N) is 1. The van der Waals surface area contributed by atoms with Gasteiger partial charge in [-0.3, -0.25) is 4.68 Å².